The Morgan fingerprint density at radius 2 is 1.89 bits per heavy atom. The highest BCUT2D eigenvalue weighted by Gasteiger charge is 2.65. The number of ketones is 1. The number of benzene rings is 1. The molecule has 1 aromatic heterocycles. The number of carbonyl (C=O) groups excluding carboxylic acids is 1. The SMILES string of the molecule is CN(C)c1ccc([C@H]2NC(=S)N[C@](O)(C(F)(F)F)[C@@H]2C(=O)c2cccs2)cc1. The fraction of sp³-hybridized carbons (Fsp3) is 0.333. The highest BCUT2D eigenvalue weighted by atomic mass is 32.1. The van der Waals surface area contributed by atoms with Gasteiger partial charge in [0.05, 0.1) is 10.9 Å². The van der Waals surface area contributed by atoms with Crippen LogP contribution in [0.1, 0.15) is 21.3 Å². The second-order valence-corrected chi connectivity index (χ2v) is 8.00. The maximum Gasteiger partial charge on any atom is 0.437 e. The lowest BCUT2D eigenvalue weighted by atomic mass is 9.78. The summed E-state index contributed by atoms with van der Waals surface area (Å²) >= 11 is 5.93. The van der Waals surface area contributed by atoms with Gasteiger partial charge in [-0.05, 0) is 41.4 Å². The number of halogens is 3. The third kappa shape index (κ3) is 3.59. The zero-order valence-corrected chi connectivity index (χ0v) is 16.6. The molecule has 0 bridgehead atoms. The van der Waals surface area contributed by atoms with Gasteiger partial charge in [0.15, 0.2) is 10.9 Å². The monoisotopic (exact) mass is 429 g/mol. The first-order valence-electron chi connectivity index (χ1n) is 8.27. The number of hydrogen-bond acceptors (Lipinski definition) is 5. The topological polar surface area (TPSA) is 64.6 Å². The van der Waals surface area contributed by atoms with Gasteiger partial charge in [-0.2, -0.15) is 13.2 Å². The van der Waals surface area contributed by atoms with Gasteiger partial charge in [-0.15, -0.1) is 11.3 Å². The van der Waals surface area contributed by atoms with Crippen LogP contribution in [0.2, 0.25) is 0 Å². The second-order valence-electron chi connectivity index (χ2n) is 6.65. The van der Waals surface area contributed by atoms with Crippen LogP contribution in [0.25, 0.3) is 0 Å². The zero-order valence-electron chi connectivity index (χ0n) is 14.9. The highest BCUT2D eigenvalue weighted by molar-refractivity contribution is 7.80. The summed E-state index contributed by atoms with van der Waals surface area (Å²) in [6.45, 7) is 0. The minimum atomic E-state index is -5.13. The van der Waals surface area contributed by atoms with Crippen molar-refractivity contribution in [3.8, 4) is 0 Å². The van der Waals surface area contributed by atoms with Gasteiger partial charge in [0.2, 0.25) is 5.72 Å². The minimum Gasteiger partial charge on any atom is -0.378 e. The predicted molar refractivity (Wildman–Crippen MR) is 106 cm³/mol. The highest BCUT2D eigenvalue weighted by Crippen LogP contribution is 2.44. The summed E-state index contributed by atoms with van der Waals surface area (Å²) in [5.41, 5.74) is -2.25. The first kappa shape index (κ1) is 20.6. The minimum absolute atomic E-state index is 0.124. The molecule has 1 aliphatic heterocycles. The molecule has 0 amide bonds. The molecule has 5 nitrogen and oxygen atoms in total. The number of hydrogen-bond donors (Lipinski definition) is 3. The molecular weight excluding hydrogens is 411 g/mol. The molecule has 0 aliphatic carbocycles. The molecule has 10 heteroatoms. The molecule has 3 rings (SSSR count). The van der Waals surface area contributed by atoms with Gasteiger partial charge in [0.1, 0.15) is 5.92 Å². The van der Waals surface area contributed by atoms with Crippen molar-refractivity contribution in [1.29, 1.82) is 0 Å². The molecule has 1 saturated heterocycles. The molecule has 0 unspecified atom stereocenters. The Bertz CT molecular complexity index is 869. The molecule has 1 aromatic carbocycles. The molecule has 2 heterocycles. The summed E-state index contributed by atoms with van der Waals surface area (Å²) in [5, 5.41) is 16.4. The van der Waals surface area contributed by atoms with Gasteiger partial charge in [-0.1, -0.05) is 18.2 Å². The van der Waals surface area contributed by atoms with E-state index in [1.54, 1.807) is 35.7 Å². The van der Waals surface area contributed by atoms with Crippen LogP contribution < -0.4 is 15.5 Å². The van der Waals surface area contributed by atoms with Crippen LogP contribution in [0.3, 0.4) is 0 Å². The third-order valence-corrected chi connectivity index (χ3v) is 5.73. The van der Waals surface area contributed by atoms with E-state index in [1.165, 1.54) is 6.07 Å². The molecule has 28 heavy (non-hydrogen) atoms. The molecule has 1 aliphatic rings. The number of nitrogens with one attached hydrogen (secondary N) is 2. The number of thiocarbonyl (C=S) groups is 1. The Morgan fingerprint density at radius 3 is 2.39 bits per heavy atom. The number of Topliss-reactive ketones (excluding diaryl/α,β-unsaturated/α-hetero) is 1. The van der Waals surface area contributed by atoms with Crippen LogP contribution in [0.5, 0.6) is 0 Å². The van der Waals surface area contributed by atoms with Crippen molar-refractivity contribution < 1.29 is 23.1 Å². The van der Waals surface area contributed by atoms with Crippen molar-refractivity contribution in [2.45, 2.75) is 17.9 Å². The number of thiophene rings is 1. The van der Waals surface area contributed by atoms with Crippen LogP contribution in [-0.2, 0) is 0 Å². The van der Waals surface area contributed by atoms with Crippen molar-refractivity contribution >= 4 is 40.1 Å². The maximum atomic E-state index is 13.9. The van der Waals surface area contributed by atoms with Gasteiger partial charge < -0.3 is 20.6 Å². The summed E-state index contributed by atoms with van der Waals surface area (Å²) in [6.07, 6.45) is -5.13. The summed E-state index contributed by atoms with van der Waals surface area (Å²) < 4.78 is 41.6. The van der Waals surface area contributed by atoms with E-state index >= 15 is 0 Å². The molecule has 150 valence electrons. The van der Waals surface area contributed by atoms with Crippen LogP contribution >= 0.6 is 23.6 Å². The first-order chi connectivity index (χ1) is 13.0. The van der Waals surface area contributed by atoms with Gasteiger partial charge in [-0.3, -0.25) is 4.79 Å². The summed E-state index contributed by atoms with van der Waals surface area (Å²) in [6, 6.07) is 8.52. The molecular formula is C18H18F3N3O2S2. The second kappa shape index (κ2) is 7.34. The lowest BCUT2D eigenvalue weighted by Crippen LogP contribution is -2.72. The Labute approximate surface area is 169 Å². The molecule has 3 N–H and O–H groups in total. The third-order valence-electron chi connectivity index (χ3n) is 4.62. The van der Waals surface area contributed by atoms with Crippen molar-refractivity contribution in [2.75, 3.05) is 19.0 Å². The lowest BCUT2D eigenvalue weighted by Gasteiger charge is -2.46. The van der Waals surface area contributed by atoms with Crippen molar-refractivity contribution in [3.63, 3.8) is 0 Å². The average molecular weight is 429 g/mol. The van der Waals surface area contributed by atoms with E-state index < -0.39 is 29.6 Å². The zero-order chi connectivity index (χ0) is 20.7. The van der Waals surface area contributed by atoms with Crippen LogP contribution in [0.15, 0.2) is 41.8 Å². The Hall–Kier alpha value is -2.17. The van der Waals surface area contributed by atoms with E-state index in [-0.39, 0.29) is 9.99 Å². The van der Waals surface area contributed by atoms with Gasteiger partial charge in [0.25, 0.3) is 0 Å². The standard InChI is InChI=1S/C18H18F3N3O2S2/c1-24(2)11-7-5-10(6-8-11)14-13(15(25)12-4-3-9-28-12)17(26,18(19,20)21)23-16(27)22-14/h3-9,13-14,26H,1-2H3,(H2,22,23,27)/t13-,14+,17+/m0/s1. The fourth-order valence-electron chi connectivity index (χ4n) is 3.17. The number of nitrogens with zero attached hydrogens (tertiary/aromatic N) is 1. The molecule has 0 saturated carbocycles. The molecule has 1 fully saturated rings. The number of rotatable bonds is 4. The van der Waals surface area contributed by atoms with Gasteiger partial charge in [-0.25, -0.2) is 0 Å². The van der Waals surface area contributed by atoms with E-state index in [2.05, 4.69) is 5.32 Å². The Morgan fingerprint density at radius 1 is 1.25 bits per heavy atom. The smallest absolute Gasteiger partial charge is 0.378 e. The van der Waals surface area contributed by atoms with Gasteiger partial charge >= 0.3 is 6.18 Å². The molecule has 2 aromatic rings. The van der Waals surface area contributed by atoms with E-state index in [0.717, 1.165) is 17.0 Å². The van der Waals surface area contributed by atoms with Crippen LogP contribution in [0, 0.1) is 5.92 Å². The molecule has 3 atom stereocenters. The van der Waals surface area contributed by atoms with E-state index in [0.29, 0.717) is 5.56 Å². The van der Waals surface area contributed by atoms with Crippen LogP contribution in [0.4, 0.5) is 18.9 Å². The average Bonchev–Trinajstić information content (AvgIpc) is 3.14. The predicted octanol–water partition coefficient (Wildman–Crippen LogP) is 3.08. The largest absolute Gasteiger partial charge is 0.437 e. The summed E-state index contributed by atoms with van der Waals surface area (Å²) in [5.74, 6) is -2.69. The van der Waals surface area contributed by atoms with Crippen molar-refractivity contribution in [1.82, 2.24) is 10.6 Å². The van der Waals surface area contributed by atoms with Crippen molar-refractivity contribution in [3.05, 3.63) is 52.2 Å². The summed E-state index contributed by atoms with van der Waals surface area (Å²) in [7, 11) is 3.66. The van der Waals surface area contributed by atoms with E-state index in [1.807, 2.05) is 24.3 Å². The van der Waals surface area contributed by atoms with E-state index in [4.69, 9.17) is 12.2 Å². The maximum absolute atomic E-state index is 13.9. The first-order valence-corrected chi connectivity index (χ1v) is 9.56. The van der Waals surface area contributed by atoms with Crippen molar-refractivity contribution in [2.24, 2.45) is 5.92 Å². The quantitative estimate of drug-likeness (QED) is 0.513. The van der Waals surface area contributed by atoms with Gasteiger partial charge in [0, 0.05) is 19.8 Å². The fourth-order valence-corrected chi connectivity index (χ4v) is 4.16. The Balaban J connectivity index is 2.11. The summed E-state index contributed by atoms with van der Waals surface area (Å²) in [4.78, 5) is 15.0. The van der Waals surface area contributed by atoms with Crippen LogP contribution in [-0.4, -0.2) is 42.0 Å². The lowest BCUT2D eigenvalue weighted by molar-refractivity contribution is -0.285. The Kier molecular flexibility index (Phi) is 5.39. The number of carbonyl (C=O) groups is 1. The molecule has 0 spiro atoms. The van der Waals surface area contributed by atoms with E-state index in [9.17, 15) is 23.1 Å². The number of aliphatic hydroxyl groups is 1. The number of alkyl halides is 3. The molecule has 0 radical (unpaired) electrons. The normalized spacial score (nSPS) is 25.0. The number of anilines is 1.